The highest BCUT2D eigenvalue weighted by molar-refractivity contribution is 5.82. The molecule has 1 aliphatic heterocycles. The number of methoxy groups -OCH3 is 1. The van der Waals surface area contributed by atoms with Crippen LogP contribution in [0.5, 0.6) is 5.75 Å². The lowest BCUT2D eigenvalue weighted by atomic mass is 9.95. The number of nitrogens with zero attached hydrogens (tertiary/aromatic N) is 2. The Balaban J connectivity index is 1.54. The topological polar surface area (TPSA) is 73.9 Å². The number of carbonyl (C=O) groups excluding carboxylic acids is 2. The van der Waals surface area contributed by atoms with Crippen LogP contribution in [0.25, 0.3) is 0 Å². The van der Waals surface area contributed by atoms with Crippen LogP contribution in [-0.2, 0) is 11.2 Å². The van der Waals surface area contributed by atoms with Crippen LogP contribution in [0, 0.1) is 5.92 Å². The van der Waals surface area contributed by atoms with Crippen molar-refractivity contribution in [1.82, 2.24) is 20.4 Å². The number of rotatable bonds is 7. The molecule has 0 aromatic heterocycles. The molecule has 2 aliphatic rings. The van der Waals surface area contributed by atoms with E-state index in [1.807, 2.05) is 49.9 Å². The van der Waals surface area contributed by atoms with Crippen LogP contribution in [0.2, 0.25) is 0 Å². The van der Waals surface area contributed by atoms with E-state index in [0.29, 0.717) is 25.6 Å². The third-order valence-corrected chi connectivity index (χ3v) is 6.46. The maximum atomic E-state index is 13.3. The van der Waals surface area contributed by atoms with E-state index in [9.17, 15) is 9.59 Å². The molecule has 32 heavy (non-hydrogen) atoms. The van der Waals surface area contributed by atoms with E-state index in [0.717, 1.165) is 38.1 Å². The summed E-state index contributed by atoms with van der Waals surface area (Å²) in [6.45, 7) is 9.40. The summed E-state index contributed by atoms with van der Waals surface area (Å²) < 4.78 is 5.21. The predicted octanol–water partition coefficient (Wildman–Crippen LogP) is 3.04. The Morgan fingerprint density at radius 1 is 1.06 bits per heavy atom. The number of benzene rings is 1. The van der Waals surface area contributed by atoms with E-state index < -0.39 is 0 Å². The van der Waals surface area contributed by atoms with E-state index in [1.54, 1.807) is 7.11 Å². The van der Waals surface area contributed by atoms with E-state index in [1.165, 1.54) is 18.4 Å². The van der Waals surface area contributed by atoms with Crippen molar-refractivity contribution in [2.75, 3.05) is 39.8 Å². The molecular formula is C25H40N4O3. The van der Waals surface area contributed by atoms with E-state index in [4.69, 9.17) is 4.74 Å². The molecule has 1 aromatic rings. The zero-order valence-electron chi connectivity index (χ0n) is 20.2. The predicted molar refractivity (Wildman–Crippen MR) is 127 cm³/mol. The molecule has 0 radical (unpaired) electrons. The molecule has 7 heteroatoms. The summed E-state index contributed by atoms with van der Waals surface area (Å²) in [5.41, 5.74) is 0.937. The van der Waals surface area contributed by atoms with Gasteiger partial charge in [-0.1, -0.05) is 25.0 Å². The molecule has 1 atom stereocenters. The molecule has 1 saturated heterocycles. The van der Waals surface area contributed by atoms with Gasteiger partial charge < -0.3 is 20.3 Å². The minimum Gasteiger partial charge on any atom is -0.497 e. The summed E-state index contributed by atoms with van der Waals surface area (Å²) in [5.74, 6) is 1.39. The van der Waals surface area contributed by atoms with Crippen LogP contribution in [0.4, 0.5) is 4.79 Å². The minimum absolute atomic E-state index is 0.0153. The van der Waals surface area contributed by atoms with Crippen LogP contribution in [0.15, 0.2) is 24.3 Å². The lowest BCUT2D eigenvalue weighted by molar-refractivity contribution is -0.129. The number of ether oxygens (including phenoxy) is 1. The smallest absolute Gasteiger partial charge is 0.317 e. The second-order valence-electron chi connectivity index (χ2n) is 10.1. The van der Waals surface area contributed by atoms with Gasteiger partial charge in [-0.3, -0.25) is 9.69 Å². The number of nitrogens with one attached hydrogen (secondary N) is 2. The monoisotopic (exact) mass is 444 g/mol. The lowest BCUT2D eigenvalue weighted by Crippen LogP contribution is -2.60. The maximum Gasteiger partial charge on any atom is 0.317 e. The molecular weight excluding hydrogens is 404 g/mol. The standard InChI is InChI=1S/C25H40N4O3/c1-25(2,3)27-24(31)29-17-15-28(16-18-29)22(20-7-5-6-8-20)23(30)26-14-13-19-9-11-21(32-4)12-10-19/h9-12,20,22H,5-8,13-18H2,1-4H3,(H,26,30)(H,27,31). The van der Waals surface area contributed by atoms with E-state index >= 15 is 0 Å². The number of hydrogen-bond acceptors (Lipinski definition) is 4. The number of urea groups is 1. The van der Waals surface area contributed by atoms with Crippen LogP contribution >= 0.6 is 0 Å². The third kappa shape index (κ3) is 6.86. The summed E-state index contributed by atoms with van der Waals surface area (Å²) in [7, 11) is 1.66. The number of carbonyl (C=O) groups is 2. The molecule has 3 amide bonds. The molecule has 0 bridgehead atoms. The van der Waals surface area contributed by atoms with Gasteiger partial charge in [0.1, 0.15) is 5.75 Å². The van der Waals surface area contributed by atoms with Gasteiger partial charge in [-0.05, 0) is 63.6 Å². The van der Waals surface area contributed by atoms with Gasteiger partial charge in [0, 0.05) is 38.3 Å². The summed E-state index contributed by atoms with van der Waals surface area (Å²) in [4.78, 5) is 29.9. The molecule has 1 aromatic carbocycles. The van der Waals surface area contributed by atoms with E-state index in [-0.39, 0.29) is 23.5 Å². The Bertz CT molecular complexity index is 745. The molecule has 3 rings (SSSR count). The average Bonchev–Trinajstić information content (AvgIpc) is 3.28. The van der Waals surface area contributed by atoms with Crippen molar-refractivity contribution < 1.29 is 14.3 Å². The third-order valence-electron chi connectivity index (χ3n) is 6.46. The Morgan fingerprint density at radius 3 is 2.25 bits per heavy atom. The zero-order chi connectivity index (χ0) is 23.1. The molecule has 178 valence electrons. The lowest BCUT2D eigenvalue weighted by Gasteiger charge is -2.41. The molecule has 0 spiro atoms. The summed E-state index contributed by atoms with van der Waals surface area (Å²) in [6, 6.07) is 7.88. The fraction of sp³-hybridized carbons (Fsp3) is 0.680. The first-order valence-corrected chi connectivity index (χ1v) is 12.0. The highest BCUT2D eigenvalue weighted by Gasteiger charge is 2.37. The Labute approximate surface area is 192 Å². The highest BCUT2D eigenvalue weighted by atomic mass is 16.5. The summed E-state index contributed by atoms with van der Waals surface area (Å²) >= 11 is 0. The second kappa shape index (κ2) is 11.0. The fourth-order valence-corrected chi connectivity index (χ4v) is 4.78. The number of amides is 3. The van der Waals surface area contributed by atoms with Crippen LogP contribution in [-0.4, -0.2) is 73.2 Å². The van der Waals surface area contributed by atoms with Gasteiger partial charge in [-0.25, -0.2) is 4.79 Å². The molecule has 1 saturated carbocycles. The van der Waals surface area contributed by atoms with Gasteiger partial charge in [0.25, 0.3) is 0 Å². The number of piperazine rings is 1. The van der Waals surface area contributed by atoms with Crippen molar-refractivity contribution in [2.45, 2.75) is 64.5 Å². The van der Waals surface area contributed by atoms with Crippen molar-refractivity contribution in [3.05, 3.63) is 29.8 Å². The summed E-state index contributed by atoms with van der Waals surface area (Å²) in [5, 5.41) is 6.24. The normalized spacial score (nSPS) is 18.9. The molecule has 1 unspecified atom stereocenters. The Hall–Kier alpha value is -2.28. The van der Waals surface area contributed by atoms with Gasteiger partial charge >= 0.3 is 6.03 Å². The summed E-state index contributed by atoms with van der Waals surface area (Å²) in [6.07, 6.45) is 5.43. The van der Waals surface area contributed by atoms with Gasteiger partial charge in [0.15, 0.2) is 0 Å². The first-order valence-electron chi connectivity index (χ1n) is 12.0. The second-order valence-corrected chi connectivity index (χ2v) is 10.1. The molecule has 1 aliphatic carbocycles. The van der Waals surface area contributed by atoms with Crippen molar-refractivity contribution in [3.63, 3.8) is 0 Å². The quantitative estimate of drug-likeness (QED) is 0.678. The van der Waals surface area contributed by atoms with Gasteiger partial charge in [-0.15, -0.1) is 0 Å². The Morgan fingerprint density at radius 2 is 1.69 bits per heavy atom. The van der Waals surface area contributed by atoms with E-state index in [2.05, 4.69) is 15.5 Å². The van der Waals surface area contributed by atoms with Crippen LogP contribution < -0.4 is 15.4 Å². The highest BCUT2D eigenvalue weighted by Crippen LogP contribution is 2.31. The molecule has 7 nitrogen and oxygen atoms in total. The average molecular weight is 445 g/mol. The number of hydrogen-bond donors (Lipinski definition) is 2. The Kier molecular flexibility index (Phi) is 8.40. The fourth-order valence-electron chi connectivity index (χ4n) is 4.78. The van der Waals surface area contributed by atoms with Gasteiger partial charge in [0.2, 0.25) is 5.91 Å². The first kappa shape index (κ1) is 24.4. The zero-order valence-corrected chi connectivity index (χ0v) is 20.2. The maximum absolute atomic E-state index is 13.3. The largest absolute Gasteiger partial charge is 0.497 e. The first-order chi connectivity index (χ1) is 15.3. The molecule has 2 N–H and O–H groups in total. The van der Waals surface area contributed by atoms with Crippen molar-refractivity contribution >= 4 is 11.9 Å². The van der Waals surface area contributed by atoms with Gasteiger partial charge in [-0.2, -0.15) is 0 Å². The van der Waals surface area contributed by atoms with Gasteiger partial charge in [0.05, 0.1) is 13.2 Å². The van der Waals surface area contributed by atoms with Crippen molar-refractivity contribution in [2.24, 2.45) is 5.92 Å². The van der Waals surface area contributed by atoms with Crippen molar-refractivity contribution in [1.29, 1.82) is 0 Å². The van der Waals surface area contributed by atoms with Crippen LogP contribution in [0.1, 0.15) is 52.0 Å². The molecule has 1 heterocycles. The molecule has 2 fully saturated rings. The minimum atomic E-state index is -0.246. The SMILES string of the molecule is COc1ccc(CCNC(=O)C(C2CCCC2)N2CCN(C(=O)NC(C)(C)C)CC2)cc1. The van der Waals surface area contributed by atoms with Crippen LogP contribution in [0.3, 0.4) is 0 Å². The van der Waals surface area contributed by atoms with Crippen molar-refractivity contribution in [3.8, 4) is 5.75 Å².